The summed E-state index contributed by atoms with van der Waals surface area (Å²) in [5.74, 6) is -1.35. The number of H-pyrrole nitrogens is 1. The molecular weight excluding hydrogens is 311 g/mol. The summed E-state index contributed by atoms with van der Waals surface area (Å²) < 4.78 is 13.2. The van der Waals surface area contributed by atoms with Crippen molar-refractivity contribution in [3.8, 4) is 5.75 Å². The van der Waals surface area contributed by atoms with Crippen LogP contribution in [0.5, 0.6) is 5.75 Å². The summed E-state index contributed by atoms with van der Waals surface area (Å²) in [6.07, 6.45) is 0.304. The number of carbonyl (C=O) groups excluding carboxylic acids is 1. The van der Waals surface area contributed by atoms with Crippen LogP contribution in [0.4, 0.5) is 4.39 Å². The zero-order valence-corrected chi connectivity index (χ0v) is 12.6. The standard InChI is InChI=1S/C18H15FN2O3/c19-10-3-1-9(2-4-10)16-17-13(8-15(21-16)18(23)24)12-7-11(22)5-6-14(12)20-17/h1-7,15-16,20-22H,8H2,(H,23,24)/t15-,16-/m0/s1. The fraction of sp³-hybridized carbons (Fsp3) is 0.167. The van der Waals surface area contributed by atoms with Crippen molar-refractivity contribution in [1.82, 2.24) is 4.98 Å². The largest absolute Gasteiger partial charge is 0.544 e. The Kier molecular flexibility index (Phi) is 3.28. The molecule has 0 saturated heterocycles. The van der Waals surface area contributed by atoms with E-state index in [1.807, 2.05) is 0 Å². The number of hydrogen-bond acceptors (Lipinski definition) is 3. The van der Waals surface area contributed by atoms with Crippen molar-refractivity contribution in [2.24, 2.45) is 0 Å². The molecule has 0 aliphatic carbocycles. The number of rotatable bonds is 2. The van der Waals surface area contributed by atoms with Crippen LogP contribution in [-0.4, -0.2) is 22.1 Å². The number of benzene rings is 2. The van der Waals surface area contributed by atoms with Gasteiger partial charge in [-0.2, -0.15) is 0 Å². The summed E-state index contributed by atoms with van der Waals surface area (Å²) in [7, 11) is 0. The molecular formula is C18H15FN2O3. The van der Waals surface area contributed by atoms with E-state index in [9.17, 15) is 19.4 Å². The maximum Gasteiger partial charge on any atom is 0.153 e. The summed E-state index contributed by atoms with van der Waals surface area (Å²) in [6.45, 7) is 0. The number of aromatic hydroxyl groups is 1. The van der Waals surface area contributed by atoms with Gasteiger partial charge < -0.3 is 25.3 Å². The summed E-state index contributed by atoms with van der Waals surface area (Å²) in [4.78, 5) is 14.8. The highest BCUT2D eigenvalue weighted by molar-refractivity contribution is 5.87. The number of phenolic OH excluding ortho intramolecular Hbond substituents is 1. The molecule has 1 aromatic heterocycles. The Labute approximate surface area is 136 Å². The zero-order valence-electron chi connectivity index (χ0n) is 12.6. The summed E-state index contributed by atoms with van der Waals surface area (Å²) in [5.41, 5.74) is 3.36. The third-order valence-corrected chi connectivity index (χ3v) is 4.61. The Balaban J connectivity index is 1.90. The van der Waals surface area contributed by atoms with Crippen molar-refractivity contribution in [2.45, 2.75) is 18.5 Å². The Morgan fingerprint density at radius 3 is 2.71 bits per heavy atom. The molecule has 0 fully saturated rings. The van der Waals surface area contributed by atoms with Crippen LogP contribution in [0, 0.1) is 5.82 Å². The van der Waals surface area contributed by atoms with Gasteiger partial charge in [-0.3, -0.25) is 0 Å². The third-order valence-electron chi connectivity index (χ3n) is 4.61. The summed E-state index contributed by atoms with van der Waals surface area (Å²) >= 11 is 0. The van der Waals surface area contributed by atoms with Crippen molar-refractivity contribution < 1.29 is 24.7 Å². The van der Waals surface area contributed by atoms with E-state index in [0.29, 0.717) is 6.42 Å². The quantitative estimate of drug-likeness (QED) is 0.634. The van der Waals surface area contributed by atoms with E-state index in [0.717, 1.165) is 27.7 Å². The van der Waals surface area contributed by atoms with Crippen LogP contribution in [-0.2, 0) is 11.2 Å². The molecule has 4 N–H and O–H groups in total. The molecule has 2 atom stereocenters. The average Bonchev–Trinajstić information content (AvgIpc) is 2.92. The molecule has 0 spiro atoms. The van der Waals surface area contributed by atoms with E-state index in [1.54, 1.807) is 35.6 Å². The number of hydrogen-bond donors (Lipinski definition) is 3. The molecule has 0 unspecified atom stereocenters. The number of quaternary nitrogens is 1. The van der Waals surface area contributed by atoms with Crippen molar-refractivity contribution in [3.05, 3.63) is 65.1 Å². The lowest BCUT2D eigenvalue weighted by Crippen LogP contribution is -2.95. The van der Waals surface area contributed by atoms with Crippen molar-refractivity contribution in [2.75, 3.05) is 0 Å². The predicted molar refractivity (Wildman–Crippen MR) is 82.6 cm³/mol. The normalized spacial score (nSPS) is 20.0. The fourth-order valence-corrected chi connectivity index (χ4v) is 3.47. The molecule has 0 radical (unpaired) electrons. The lowest BCUT2D eigenvalue weighted by atomic mass is 9.90. The average molecular weight is 326 g/mol. The number of nitrogens with one attached hydrogen (secondary N) is 1. The highest BCUT2D eigenvalue weighted by Gasteiger charge is 2.34. The second-order valence-electron chi connectivity index (χ2n) is 6.10. The van der Waals surface area contributed by atoms with E-state index in [4.69, 9.17) is 0 Å². The van der Waals surface area contributed by atoms with Gasteiger partial charge >= 0.3 is 0 Å². The fourth-order valence-electron chi connectivity index (χ4n) is 3.47. The van der Waals surface area contributed by atoms with Crippen LogP contribution in [0.1, 0.15) is 22.9 Å². The minimum absolute atomic E-state index is 0.127. The highest BCUT2D eigenvalue weighted by atomic mass is 19.1. The van der Waals surface area contributed by atoms with Crippen molar-refractivity contribution in [1.29, 1.82) is 0 Å². The SMILES string of the molecule is O=C([O-])[C@@H]1Cc2c([nH]c3ccc(O)cc23)[C@H](c2ccc(F)cc2)[NH2+]1. The van der Waals surface area contributed by atoms with Gasteiger partial charge in [0.25, 0.3) is 0 Å². The maximum atomic E-state index is 13.2. The molecule has 6 heteroatoms. The van der Waals surface area contributed by atoms with Gasteiger partial charge in [0.05, 0.1) is 11.7 Å². The first-order chi connectivity index (χ1) is 11.5. The number of halogens is 1. The highest BCUT2D eigenvalue weighted by Crippen LogP contribution is 2.33. The Morgan fingerprint density at radius 2 is 2.00 bits per heavy atom. The first kappa shape index (κ1) is 14.7. The van der Waals surface area contributed by atoms with Gasteiger partial charge in [0, 0.05) is 22.9 Å². The monoisotopic (exact) mass is 326 g/mol. The maximum absolute atomic E-state index is 13.2. The van der Waals surface area contributed by atoms with Crippen molar-refractivity contribution in [3.63, 3.8) is 0 Å². The van der Waals surface area contributed by atoms with Gasteiger partial charge in [-0.05, 0) is 48.0 Å². The molecule has 0 saturated carbocycles. The van der Waals surface area contributed by atoms with Gasteiger partial charge in [0.1, 0.15) is 17.6 Å². The van der Waals surface area contributed by atoms with Crippen LogP contribution in [0.25, 0.3) is 10.9 Å². The zero-order chi connectivity index (χ0) is 16.8. The van der Waals surface area contributed by atoms with E-state index in [2.05, 4.69) is 4.98 Å². The van der Waals surface area contributed by atoms with E-state index in [-0.39, 0.29) is 17.6 Å². The number of aliphatic carboxylic acids is 1. The van der Waals surface area contributed by atoms with E-state index >= 15 is 0 Å². The predicted octanol–water partition coefficient (Wildman–Crippen LogP) is 0.340. The molecule has 3 aromatic rings. The topological polar surface area (TPSA) is 92.8 Å². The minimum Gasteiger partial charge on any atom is -0.544 e. The second-order valence-corrected chi connectivity index (χ2v) is 6.10. The molecule has 1 aliphatic heterocycles. The van der Waals surface area contributed by atoms with Crippen LogP contribution in [0.2, 0.25) is 0 Å². The van der Waals surface area contributed by atoms with E-state index < -0.39 is 12.0 Å². The molecule has 0 bridgehead atoms. The molecule has 122 valence electrons. The molecule has 24 heavy (non-hydrogen) atoms. The van der Waals surface area contributed by atoms with Crippen molar-refractivity contribution >= 4 is 16.9 Å². The number of fused-ring (bicyclic) bond motifs is 3. The van der Waals surface area contributed by atoms with Gasteiger partial charge in [0.15, 0.2) is 6.04 Å². The van der Waals surface area contributed by atoms with Crippen LogP contribution in [0.15, 0.2) is 42.5 Å². The number of nitrogens with two attached hydrogens (primary N) is 1. The van der Waals surface area contributed by atoms with Crippen LogP contribution >= 0.6 is 0 Å². The number of carboxylic acids is 1. The first-order valence-electron chi connectivity index (χ1n) is 7.67. The van der Waals surface area contributed by atoms with Gasteiger partial charge in [-0.25, -0.2) is 4.39 Å². The minimum atomic E-state index is -1.14. The number of aromatic nitrogens is 1. The van der Waals surface area contributed by atoms with Crippen LogP contribution < -0.4 is 10.4 Å². The first-order valence-corrected chi connectivity index (χ1v) is 7.67. The number of phenols is 1. The number of aromatic amines is 1. The lowest BCUT2D eigenvalue weighted by Gasteiger charge is -2.28. The Hall–Kier alpha value is -2.86. The Morgan fingerprint density at radius 1 is 1.25 bits per heavy atom. The lowest BCUT2D eigenvalue weighted by molar-refractivity contribution is -0.717. The molecule has 4 rings (SSSR count). The Bertz CT molecular complexity index is 933. The van der Waals surface area contributed by atoms with E-state index in [1.165, 1.54) is 12.1 Å². The summed E-state index contributed by atoms with van der Waals surface area (Å²) in [6, 6.07) is 9.96. The molecule has 0 amide bonds. The molecule has 2 heterocycles. The van der Waals surface area contributed by atoms with Crippen LogP contribution in [0.3, 0.4) is 0 Å². The molecule has 5 nitrogen and oxygen atoms in total. The van der Waals surface area contributed by atoms with Gasteiger partial charge in [-0.1, -0.05) is 0 Å². The number of carbonyl (C=O) groups is 1. The summed E-state index contributed by atoms with van der Waals surface area (Å²) in [5, 5.41) is 23.7. The molecule has 2 aromatic carbocycles. The third kappa shape index (κ3) is 2.32. The smallest absolute Gasteiger partial charge is 0.153 e. The molecule has 1 aliphatic rings. The second kappa shape index (κ2) is 5.35. The van der Waals surface area contributed by atoms with Gasteiger partial charge in [0.2, 0.25) is 0 Å². The number of carboxylic acid groups (broad SMARTS) is 1. The van der Waals surface area contributed by atoms with Gasteiger partial charge in [-0.15, -0.1) is 0 Å².